The molecule has 0 fully saturated rings. The van der Waals surface area contributed by atoms with E-state index in [4.69, 9.17) is 23.3 Å². The highest BCUT2D eigenvalue weighted by molar-refractivity contribution is 7.53. The predicted molar refractivity (Wildman–Crippen MR) is 59.5 cm³/mol. The van der Waals surface area contributed by atoms with E-state index >= 15 is 0 Å². The number of hydrogen-bond acceptors (Lipinski definition) is 6. The van der Waals surface area contributed by atoms with Crippen LogP contribution < -0.4 is 0 Å². The van der Waals surface area contributed by atoms with Crippen LogP contribution >= 0.6 is 7.60 Å². The fraction of sp³-hybridized carbons (Fsp3) is 1.00. The van der Waals surface area contributed by atoms with Crippen LogP contribution in [-0.2, 0) is 27.8 Å². The molecule has 0 atom stereocenters. The lowest BCUT2D eigenvalue weighted by Crippen LogP contribution is -2.20. The van der Waals surface area contributed by atoms with Crippen LogP contribution in [0.25, 0.3) is 0 Å². The molecule has 0 aliphatic carbocycles. The molecule has 6 nitrogen and oxygen atoms in total. The molecule has 0 aliphatic heterocycles. The lowest BCUT2D eigenvalue weighted by Gasteiger charge is -2.18. The van der Waals surface area contributed by atoms with E-state index in [2.05, 4.69) is 0 Å². The van der Waals surface area contributed by atoms with Crippen molar-refractivity contribution in [3.63, 3.8) is 0 Å². The Labute approximate surface area is 96.7 Å². The molecule has 0 aliphatic rings. The normalized spacial score (nSPS) is 12.3. The van der Waals surface area contributed by atoms with E-state index in [-0.39, 0.29) is 13.0 Å². The molecule has 0 rings (SSSR count). The van der Waals surface area contributed by atoms with Gasteiger partial charge in [-0.15, -0.1) is 0 Å². The van der Waals surface area contributed by atoms with E-state index in [9.17, 15) is 4.57 Å². The molecule has 0 saturated carbocycles. The van der Waals surface area contributed by atoms with Crippen LogP contribution in [0, 0.1) is 0 Å². The topological polar surface area (TPSA) is 63.2 Å². The maximum absolute atomic E-state index is 11.9. The molecule has 0 spiro atoms. The second-order valence-electron chi connectivity index (χ2n) is 2.85. The lowest BCUT2D eigenvalue weighted by atomic mass is 10.7. The summed E-state index contributed by atoms with van der Waals surface area (Å²) in [5.41, 5.74) is 0. The quantitative estimate of drug-likeness (QED) is 0.439. The Balaban J connectivity index is 3.97. The zero-order valence-corrected chi connectivity index (χ0v) is 11.2. The minimum atomic E-state index is -3.13. The maximum Gasteiger partial charge on any atom is 0.356 e. The summed E-state index contributed by atoms with van der Waals surface area (Å²) in [6, 6.07) is 0. The Bertz CT molecular complexity index is 196. The monoisotopic (exact) mass is 256 g/mol. The van der Waals surface area contributed by atoms with Gasteiger partial charge in [0.05, 0.1) is 19.8 Å². The number of hydrogen-bond donors (Lipinski definition) is 0. The molecule has 98 valence electrons. The van der Waals surface area contributed by atoms with Gasteiger partial charge in [0.1, 0.15) is 6.35 Å². The highest BCUT2D eigenvalue weighted by atomic mass is 31.2. The van der Waals surface area contributed by atoms with E-state index in [0.717, 1.165) is 0 Å². The molecule has 0 saturated heterocycles. The van der Waals surface area contributed by atoms with Crippen LogP contribution in [0.4, 0.5) is 0 Å². The van der Waals surface area contributed by atoms with Crippen molar-refractivity contribution in [2.75, 3.05) is 40.4 Å². The summed E-state index contributed by atoms with van der Waals surface area (Å²) in [6.07, 6.45) is -0.575. The van der Waals surface area contributed by atoms with E-state index in [1.807, 2.05) is 0 Å². The summed E-state index contributed by atoms with van der Waals surface area (Å²) in [5.74, 6) is 0. The van der Waals surface area contributed by atoms with Gasteiger partial charge in [-0.25, -0.2) is 0 Å². The summed E-state index contributed by atoms with van der Waals surface area (Å²) in [4.78, 5) is 0. The Morgan fingerprint density at radius 1 is 1.06 bits per heavy atom. The van der Waals surface area contributed by atoms with Crippen molar-refractivity contribution in [1.82, 2.24) is 0 Å². The first-order valence-electron chi connectivity index (χ1n) is 5.13. The molecular weight excluding hydrogens is 235 g/mol. The minimum absolute atomic E-state index is 0.0993. The zero-order valence-electron chi connectivity index (χ0n) is 10.3. The summed E-state index contributed by atoms with van der Waals surface area (Å²) >= 11 is 0. The second kappa shape index (κ2) is 9.10. The fourth-order valence-electron chi connectivity index (χ4n) is 0.998. The predicted octanol–water partition coefficient (Wildman–Crippen LogP) is 1.85. The van der Waals surface area contributed by atoms with Gasteiger partial charge in [0, 0.05) is 14.2 Å². The van der Waals surface area contributed by atoms with E-state index < -0.39 is 13.9 Å². The molecule has 16 heavy (non-hydrogen) atoms. The molecule has 0 bridgehead atoms. The third-order valence-electron chi connectivity index (χ3n) is 1.68. The molecule has 7 heteroatoms. The Morgan fingerprint density at radius 2 is 1.56 bits per heavy atom. The smallest absolute Gasteiger partial charge is 0.356 e. The van der Waals surface area contributed by atoms with Gasteiger partial charge in [0.2, 0.25) is 0 Å². The molecule has 0 aromatic heterocycles. The minimum Gasteiger partial charge on any atom is -0.364 e. The van der Waals surface area contributed by atoms with Gasteiger partial charge in [-0.05, 0) is 13.8 Å². The van der Waals surface area contributed by atoms with Crippen molar-refractivity contribution in [3.8, 4) is 0 Å². The van der Waals surface area contributed by atoms with E-state index in [0.29, 0.717) is 13.2 Å². The van der Waals surface area contributed by atoms with Gasteiger partial charge in [-0.1, -0.05) is 0 Å². The van der Waals surface area contributed by atoms with Crippen molar-refractivity contribution in [3.05, 3.63) is 0 Å². The van der Waals surface area contributed by atoms with Gasteiger partial charge in [0.25, 0.3) is 0 Å². The molecule has 0 N–H and O–H groups in total. The van der Waals surface area contributed by atoms with Crippen molar-refractivity contribution < 1.29 is 27.8 Å². The first-order chi connectivity index (χ1) is 7.61. The van der Waals surface area contributed by atoms with E-state index in [1.165, 1.54) is 14.2 Å². The fourth-order valence-corrected chi connectivity index (χ4v) is 2.34. The molecule has 0 radical (unpaired) electrons. The van der Waals surface area contributed by atoms with Crippen molar-refractivity contribution in [2.45, 2.75) is 20.1 Å². The van der Waals surface area contributed by atoms with Gasteiger partial charge >= 0.3 is 7.60 Å². The Kier molecular flexibility index (Phi) is 9.12. The lowest BCUT2D eigenvalue weighted by molar-refractivity contribution is -0.136. The van der Waals surface area contributed by atoms with Crippen LogP contribution in [0.15, 0.2) is 0 Å². The summed E-state index contributed by atoms with van der Waals surface area (Å²) in [7, 11) is -0.125. The number of methoxy groups -OCH3 is 2. The highest BCUT2D eigenvalue weighted by Gasteiger charge is 2.24. The Hall–Kier alpha value is 0.0300. The van der Waals surface area contributed by atoms with Crippen molar-refractivity contribution in [2.24, 2.45) is 0 Å². The number of ether oxygens (including phenoxy) is 3. The average Bonchev–Trinajstić information content (AvgIpc) is 2.25. The van der Waals surface area contributed by atoms with Gasteiger partial charge in [-0.3, -0.25) is 4.57 Å². The molecule has 0 aromatic carbocycles. The molecular formula is C9H21O6P. The molecule has 0 aromatic rings. The second-order valence-corrected chi connectivity index (χ2v) is 4.84. The van der Waals surface area contributed by atoms with Gasteiger partial charge in [-0.2, -0.15) is 0 Å². The summed E-state index contributed by atoms with van der Waals surface area (Å²) < 4.78 is 37.0. The van der Waals surface area contributed by atoms with Crippen LogP contribution in [-0.4, -0.2) is 46.7 Å². The average molecular weight is 256 g/mol. The molecule has 0 amide bonds. The first-order valence-corrected chi connectivity index (χ1v) is 6.86. The van der Waals surface area contributed by atoms with Crippen LogP contribution in [0.3, 0.4) is 0 Å². The van der Waals surface area contributed by atoms with E-state index in [1.54, 1.807) is 13.8 Å². The molecule has 0 unspecified atom stereocenters. The SMILES string of the molecule is CCOP(=O)(COCC(OC)OC)OCC. The van der Waals surface area contributed by atoms with Crippen molar-refractivity contribution in [1.29, 1.82) is 0 Å². The summed E-state index contributed by atoms with van der Waals surface area (Å²) in [6.45, 7) is 4.31. The first kappa shape index (κ1) is 16.0. The number of rotatable bonds is 10. The molecule has 0 heterocycles. The van der Waals surface area contributed by atoms with Gasteiger partial charge in [0.15, 0.2) is 6.29 Å². The largest absolute Gasteiger partial charge is 0.364 e. The summed E-state index contributed by atoms with van der Waals surface area (Å²) in [5, 5.41) is 0. The third-order valence-corrected chi connectivity index (χ3v) is 3.48. The highest BCUT2D eigenvalue weighted by Crippen LogP contribution is 2.47. The van der Waals surface area contributed by atoms with Crippen molar-refractivity contribution >= 4 is 7.60 Å². The maximum atomic E-state index is 11.9. The van der Waals surface area contributed by atoms with Crippen LogP contribution in [0.1, 0.15) is 13.8 Å². The Morgan fingerprint density at radius 3 is 1.94 bits per heavy atom. The van der Waals surface area contributed by atoms with Crippen LogP contribution in [0.5, 0.6) is 0 Å². The third kappa shape index (κ3) is 6.58. The van der Waals surface area contributed by atoms with Gasteiger partial charge < -0.3 is 23.3 Å². The standard InChI is InChI=1S/C9H21O6P/c1-5-14-16(10,15-6-2)8-13-7-9(11-3)12-4/h9H,5-8H2,1-4H3. The zero-order chi connectivity index (χ0) is 12.4. The van der Waals surface area contributed by atoms with Crippen LogP contribution in [0.2, 0.25) is 0 Å².